The molecule has 3 atom stereocenters. The highest BCUT2D eigenvalue weighted by Gasteiger charge is 2.26. The first-order valence-corrected chi connectivity index (χ1v) is 10.8. The highest BCUT2D eigenvalue weighted by Crippen LogP contribution is 2.04. The standard InChI is InChI=1S/C20H31N7O5S/c21-13(7-4-8-24-20(22)23)17(29)25-10-16(28)26-14(9-12-5-2-1-3-6-12)18(30)27-15(11-33)19(31)32/h1-3,5-6,13-15,33H,4,7-11,21H2,(H,25,29)(H,26,28)(H,27,30)(H,31,32)(H4,22,23,24). The molecule has 0 aliphatic heterocycles. The number of hydrogen-bond donors (Lipinski definition) is 8. The van der Waals surface area contributed by atoms with E-state index in [4.69, 9.17) is 22.3 Å². The first-order valence-electron chi connectivity index (χ1n) is 10.2. The summed E-state index contributed by atoms with van der Waals surface area (Å²) < 4.78 is 0. The number of aliphatic carboxylic acids is 1. The summed E-state index contributed by atoms with van der Waals surface area (Å²) in [6, 6.07) is 5.74. The molecule has 10 N–H and O–H groups in total. The minimum Gasteiger partial charge on any atom is -0.480 e. The van der Waals surface area contributed by atoms with Crippen LogP contribution in [0.25, 0.3) is 0 Å². The number of benzene rings is 1. The molecule has 0 radical (unpaired) electrons. The third kappa shape index (κ3) is 11.2. The van der Waals surface area contributed by atoms with Crippen molar-refractivity contribution in [3.8, 4) is 0 Å². The van der Waals surface area contributed by atoms with Crippen molar-refractivity contribution in [1.29, 1.82) is 0 Å². The number of carboxylic acids is 1. The number of amides is 3. The van der Waals surface area contributed by atoms with E-state index >= 15 is 0 Å². The fourth-order valence-electron chi connectivity index (χ4n) is 2.71. The Morgan fingerprint density at radius 1 is 1.03 bits per heavy atom. The number of aliphatic imine (C=N–C) groups is 1. The lowest BCUT2D eigenvalue weighted by molar-refractivity contribution is -0.141. The van der Waals surface area contributed by atoms with Gasteiger partial charge in [-0.25, -0.2) is 4.79 Å². The molecule has 0 bridgehead atoms. The molecule has 0 aromatic heterocycles. The van der Waals surface area contributed by atoms with Gasteiger partial charge in [-0.1, -0.05) is 30.3 Å². The van der Waals surface area contributed by atoms with Crippen molar-refractivity contribution in [2.24, 2.45) is 22.2 Å². The Morgan fingerprint density at radius 3 is 2.27 bits per heavy atom. The third-order valence-corrected chi connectivity index (χ3v) is 4.82. The van der Waals surface area contributed by atoms with Gasteiger partial charge in [-0.15, -0.1) is 0 Å². The van der Waals surface area contributed by atoms with E-state index in [-0.39, 0.29) is 18.1 Å². The van der Waals surface area contributed by atoms with Gasteiger partial charge in [-0.2, -0.15) is 12.6 Å². The maximum absolute atomic E-state index is 12.6. The number of nitrogens with zero attached hydrogens (tertiary/aromatic N) is 1. The van der Waals surface area contributed by atoms with Crippen molar-refractivity contribution in [2.75, 3.05) is 18.8 Å². The van der Waals surface area contributed by atoms with Crippen molar-refractivity contribution in [1.82, 2.24) is 16.0 Å². The normalized spacial score (nSPS) is 13.2. The second-order valence-corrected chi connectivity index (χ2v) is 7.53. The van der Waals surface area contributed by atoms with Gasteiger partial charge in [0.15, 0.2) is 5.96 Å². The summed E-state index contributed by atoms with van der Waals surface area (Å²) in [5, 5.41) is 16.4. The number of nitrogens with two attached hydrogens (primary N) is 3. The zero-order chi connectivity index (χ0) is 24.8. The largest absolute Gasteiger partial charge is 0.480 e. The molecule has 0 heterocycles. The maximum Gasteiger partial charge on any atom is 0.327 e. The average Bonchev–Trinajstić information content (AvgIpc) is 2.78. The Balaban J connectivity index is 2.67. The minimum absolute atomic E-state index is 0.0529. The summed E-state index contributed by atoms with van der Waals surface area (Å²) >= 11 is 3.92. The predicted molar refractivity (Wildman–Crippen MR) is 126 cm³/mol. The summed E-state index contributed by atoms with van der Waals surface area (Å²) in [7, 11) is 0. The third-order valence-electron chi connectivity index (χ3n) is 4.46. The van der Waals surface area contributed by atoms with Crippen LogP contribution in [0.4, 0.5) is 0 Å². The van der Waals surface area contributed by atoms with Crippen molar-refractivity contribution in [3.05, 3.63) is 35.9 Å². The first kappa shape index (κ1) is 27.7. The van der Waals surface area contributed by atoms with Gasteiger partial charge in [-0.3, -0.25) is 19.4 Å². The van der Waals surface area contributed by atoms with Gasteiger partial charge in [-0.05, 0) is 18.4 Å². The number of nitrogens with one attached hydrogen (secondary N) is 3. The van der Waals surface area contributed by atoms with Crippen molar-refractivity contribution < 1.29 is 24.3 Å². The second-order valence-electron chi connectivity index (χ2n) is 7.16. The lowest BCUT2D eigenvalue weighted by Gasteiger charge is -2.21. The van der Waals surface area contributed by atoms with Crippen LogP contribution in [0.15, 0.2) is 35.3 Å². The smallest absolute Gasteiger partial charge is 0.327 e. The van der Waals surface area contributed by atoms with E-state index in [2.05, 4.69) is 33.6 Å². The SMILES string of the molecule is NC(N)=NCCCC(N)C(=O)NCC(=O)NC(Cc1ccccc1)C(=O)NC(CS)C(=O)O. The monoisotopic (exact) mass is 481 g/mol. The summed E-state index contributed by atoms with van der Waals surface area (Å²) in [6.07, 6.45) is 0.910. The number of guanidine groups is 1. The molecule has 1 aromatic rings. The van der Waals surface area contributed by atoms with Crippen molar-refractivity contribution in [2.45, 2.75) is 37.4 Å². The van der Waals surface area contributed by atoms with Crippen LogP contribution in [0, 0.1) is 0 Å². The average molecular weight is 482 g/mol. The van der Waals surface area contributed by atoms with E-state index in [0.717, 1.165) is 5.56 Å². The van der Waals surface area contributed by atoms with Gasteiger partial charge in [0.05, 0.1) is 12.6 Å². The Kier molecular flexibility index (Phi) is 12.3. The number of carbonyl (C=O) groups is 4. The first-order chi connectivity index (χ1) is 15.6. The fraction of sp³-hybridized carbons (Fsp3) is 0.450. The predicted octanol–water partition coefficient (Wildman–Crippen LogP) is -2.29. The molecule has 1 rings (SSSR count). The molecule has 3 unspecified atom stereocenters. The Hall–Kier alpha value is -3.32. The van der Waals surface area contributed by atoms with E-state index < -0.39 is 48.4 Å². The highest BCUT2D eigenvalue weighted by molar-refractivity contribution is 7.80. The Labute approximate surface area is 197 Å². The van der Waals surface area contributed by atoms with Gasteiger partial charge < -0.3 is 38.3 Å². The lowest BCUT2D eigenvalue weighted by atomic mass is 10.0. The Bertz CT molecular complexity index is 833. The molecule has 0 spiro atoms. The summed E-state index contributed by atoms with van der Waals surface area (Å²) in [5.74, 6) is -3.28. The molecule has 3 amide bonds. The van der Waals surface area contributed by atoms with Gasteiger partial charge in [0, 0.05) is 18.7 Å². The highest BCUT2D eigenvalue weighted by atomic mass is 32.1. The van der Waals surface area contributed by atoms with E-state index in [1.165, 1.54) is 0 Å². The van der Waals surface area contributed by atoms with Crippen LogP contribution in [0.3, 0.4) is 0 Å². The molecule has 182 valence electrons. The zero-order valence-corrected chi connectivity index (χ0v) is 19.0. The minimum atomic E-state index is -1.25. The van der Waals surface area contributed by atoms with Crippen LogP contribution in [0.1, 0.15) is 18.4 Å². The van der Waals surface area contributed by atoms with Crippen LogP contribution < -0.4 is 33.2 Å². The molecular weight excluding hydrogens is 450 g/mol. The molecule has 0 fully saturated rings. The van der Waals surface area contributed by atoms with Crippen LogP contribution >= 0.6 is 12.6 Å². The molecule has 0 saturated heterocycles. The lowest BCUT2D eigenvalue weighted by Crippen LogP contribution is -2.54. The summed E-state index contributed by atoms with van der Waals surface area (Å²) in [6.45, 7) is -0.0857. The fourth-order valence-corrected chi connectivity index (χ4v) is 2.96. The van der Waals surface area contributed by atoms with Crippen LogP contribution in [-0.2, 0) is 25.6 Å². The molecule has 0 aliphatic carbocycles. The van der Waals surface area contributed by atoms with Crippen molar-refractivity contribution in [3.63, 3.8) is 0 Å². The van der Waals surface area contributed by atoms with E-state index in [1.54, 1.807) is 30.3 Å². The van der Waals surface area contributed by atoms with E-state index in [1.807, 2.05) is 0 Å². The number of thiol groups is 1. The van der Waals surface area contributed by atoms with Crippen molar-refractivity contribution >= 4 is 42.3 Å². The van der Waals surface area contributed by atoms with Gasteiger partial charge in [0.1, 0.15) is 12.1 Å². The molecule has 33 heavy (non-hydrogen) atoms. The molecule has 12 nitrogen and oxygen atoms in total. The van der Waals surface area contributed by atoms with Crippen LogP contribution in [0.5, 0.6) is 0 Å². The second kappa shape index (κ2) is 14.7. The molecule has 1 aromatic carbocycles. The van der Waals surface area contributed by atoms with Gasteiger partial charge in [0.2, 0.25) is 17.7 Å². The van der Waals surface area contributed by atoms with Gasteiger partial charge >= 0.3 is 5.97 Å². The molecular formula is C20H31N7O5S. The maximum atomic E-state index is 12.6. The quantitative estimate of drug-likeness (QED) is 0.0624. The number of carbonyl (C=O) groups excluding carboxylic acids is 3. The molecule has 13 heteroatoms. The van der Waals surface area contributed by atoms with E-state index in [9.17, 15) is 19.2 Å². The van der Waals surface area contributed by atoms with Gasteiger partial charge in [0.25, 0.3) is 0 Å². The van der Waals surface area contributed by atoms with Crippen LogP contribution in [-0.4, -0.2) is 71.7 Å². The van der Waals surface area contributed by atoms with E-state index in [0.29, 0.717) is 19.4 Å². The Morgan fingerprint density at radius 2 is 1.70 bits per heavy atom. The number of rotatable bonds is 14. The number of carboxylic acid groups (broad SMARTS) is 1. The molecule has 0 aliphatic rings. The summed E-state index contributed by atoms with van der Waals surface area (Å²) in [4.78, 5) is 52.1. The molecule has 0 saturated carbocycles. The topological polar surface area (TPSA) is 215 Å². The van der Waals surface area contributed by atoms with Crippen LogP contribution in [0.2, 0.25) is 0 Å². The number of hydrogen-bond acceptors (Lipinski definition) is 7. The zero-order valence-electron chi connectivity index (χ0n) is 18.1. The summed E-state index contributed by atoms with van der Waals surface area (Å²) in [5.41, 5.74) is 17.0.